The van der Waals surface area contributed by atoms with Crippen LogP contribution in [0.1, 0.15) is 11.1 Å². The summed E-state index contributed by atoms with van der Waals surface area (Å²) in [6, 6.07) is 3.21. The minimum absolute atomic E-state index is 0.0644. The van der Waals surface area contributed by atoms with Crippen molar-refractivity contribution in [2.75, 3.05) is 6.54 Å². The number of hydrogen-bond acceptors (Lipinski definition) is 1. The Labute approximate surface area is 90.3 Å². The Morgan fingerprint density at radius 1 is 1.33 bits per heavy atom. The van der Waals surface area contributed by atoms with Crippen LogP contribution in [0.5, 0.6) is 0 Å². The van der Waals surface area contributed by atoms with Gasteiger partial charge in [-0.05, 0) is 17.7 Å². The molecular formula is C10H9ClF3N. The zero-order valence-electron chi connectivity index (χ0n) is 7.68. The molecular weight excluding hydrogens is 227 g/mol. The molecule has 0 radical (unpaired) electrons. The molecule has 0 saturated heterocycles. The normalized spacial score (nSPS) is 12.3. The molecule has 1 rings (SSSR count). The van der Waals surface area contributed by atoms with Crippen molar-refractivity contribution in [1.82, 2.24) is 0 Å². The fourth-order valence-electron chi connectivity index (χ4n) is 1.03. The van der Waals surface area contributed by atoms with Crippen LogP contribution in [0.3, 0.4) is 0 Å². The number of rotatable bonds is 2. The van der Waals surface area contributed by atoms with Gasteiger partial charge in [0.2, 0.25) is 0 Å². The van der Waals surface area contributed by atoms with Crippen LogP contribution < -0.4 is 5.73 Å². The van der Waals surface area contributed by atoms with E-state index < -0.39 is 11.7 Å². The van der Waals surface area contributed by atoms with Gasteiger partial charge in [0.1, 0.15) is 0 Å². The van der Waals surface area contributed by atoms with Crippen LogP contribution in [0, 0.1) is 0 Å². The van der Waals surface area contributed by atoms with Gasteiger partial charge in [0.25, 0.3) is 0 Å². The van der Waals surface area contributed by atoms with Crippen LogP contribution in [-0.4, -0.2) is 6.54 Å². The Morgan fingerprint density at radius 2 is 2.00 bits per heavy atom. The summed E-state index contributed by atoms with van der Waals surface area (Å²) >= 11 is 5.68. The van der Waals surface area contributed by atoms with E-state index in [1.54, 1.807) is 12.2 Å². The van der Waals surface area contributed by atoms with Crippen LogP contribution >= 0.6 is 11.6 Å². The topological polar surface area (TPSA) is 26.0 Å². The number of alkyl halides is 3. The van der Waals surface area contributed by atoms with Gasteiger partial charge in [0.05, 0.1) is 5.56 Å². The third-order valence-corrected chi connectivity index (χ3v) is 2.09. The third kappa shape index (κ3) is 3.25. The van der Waals surface area contributed by atoms with Crippen molar-refractivity contribution >= 4 is 17.7 Å². The molecule has 0 aliphatic carbocycles. The summed E-state index contributed by atoms with van der Waals surface area (Å²) in [5.41, 5.74) is 4.99. The zero-order chi connectivity index (χ0) is 11.5. The number of benzene rings is 1. The smallest absolute Gasteiger partial charge is 0.327 e. The third-order valence-electron chi connectivity index (χ3n) is 1.76. The van der Waals surface area contributed by atoms with E-state index in [1.807, 2.05) is 0 Å². The highest BCUT2D eigenvalue weighted by molar-refractivity contribution is 6.32. The predicted octanol–water partition coefficient (Wildman–Crippen LogP) is 3.33. The van der Waals surface area contributed by atoms with E-state index in [0.717, 1.165) is 12.1 Å². The molecule has 0 amide bonds. The molecule has 0 bridgehead atoms. The maximum absolute atomic E-state index is 12.3. The van der Waals surface area contributed by atoms with Crippen molar-refractivity contribution in [3.8, 4) is 0 Å². The number of nitrogens with two attached hydrogens (primary N) is 1. The fourth-order valence-corrected chi connectivity index (χ4v) is 1.28. The maximum Gasteiger partial charge on any atom is 0.416 e. The average molecular weight is 236 g/mol. The Bertz CT molecular complexity index is 371. The van der Waals surface area contributed by atoms with E-state index in [9.17, 15) is 13.2 Å². The molecule has 0 unspecified atom stereocenters. The molecule has 1 nitrogen and oxygen atoms in total. The van der Waals surface area contributed by atoms with Gasteiger partial charge in [-0.15, -0.1) is 0 Å². The monoisotopic (exact) mass is 235 g/mol. The summed E-state index contributed by atoms with van der Waals surface area (Å²) in [4.78, 5) is 0. The van der Waals surface area contributed by atoms with Crippen LogP contribution in [0.25, 0.3) is 6.08 Å². The van der Waals surface area contributed by atoms with Crippen molar-refractivity contribution in [2.45, 2.75) is 6.18 Å². The van der Waals surface area contributed by atoms with E-state index in [-0.39, 0.29) is 5.02 Å². The lowest BCUT2D eigenvalue weighted by Crippen LogP contribution is -2.04. The molecule has 2 N–H and O–H groups in total. The van der Waals surface area contributed by atoms with Gasteiger partial charge in [-0.1, -0.05) is 29.8 Å². The first kappa shape index (κ1) is 12.1. The van der Waals surface area contributed by atoms with Gasteiger partial charge in [0.15, 0.2) is 0 Å². The summed E-state index contributed by atoms with van der Waals surface area (Å²) in [6.07, 6.45) is -1.16. The molecule has 0 heterocycles. The minimum atomic E-state index is -4.36. The first-order valence-corrected chi connectivity index (χ1v) is 4.56. The molecule has 82 valence electrons. The summed E-state index contributed by atoms with van der Waals surface area (Å²) in [6.45, 7) is 0.317. The van der Waals surface area contributed by atoms with Crippen LogP contribution in [0.4, 0.5) is 13.2 Å². The molecule has 1 aromatic rings. The van der Waals surface area contributed by atoms with E-state index in [2.05, 4.69) is 0 Å². The summed E-state index contributed by atoms with van der Waals surface area (Å²) in [5, 5.41) is 0.0644. The van der Waals surface area contributed by atoms with Gasteiger partial charge in [-0.25, -0.2) is 0 Å². The van der Waals surface area contributed by atoms with E-state index >= 15 is 0 Å². The lowest BCUT2D eigenvalue weighted by atomic mass is 10.1. The quantitative estimate of drug-likeness (QED) is 0.836. The highest BCUT2D eigenvalue weighted by Gasteiger charge is 2.30. The molecule has 0 spiro atoms. The fraction of sp³-hybridized carbons (Fsp3) is 0.200. The largest absolute Gasteiger partial charge is 0.416 e. The SMILES string of the molecule is NC/C=C/c1ccc(C(F)(F)F)cc1Cl. The van der Waals surface area contributed by atoms with Gasteiger partial charge < -0.3 is 5.73 Å². The minimum Gasteiger partial charge on any atom is -0.327 e. The number of halogens is 4. The molecule has 0 saturated carbocycles. The number of hydrogen-bond donors (Lipinski definition) is 1. The molecule has 0 atom stereocenters. The highest BCUT2D eigenvalue weighted by Crippen LogP contribution is 2.32. The molecule has 0 aliphatic rings. The first-order valence-electron chi connectivity index (χ1n) is 4.18. The first-order chi connectivity index (χ1) is 6.95. The molecule has 0 fully saturated rings. The van der Waals surface area contributed by atoms with E-state index in [4.69, 9.17) is 17.3 Å². The Balaban J connectivity index is 3.04. The second kappa shape index (κ2) is 4.68. The Kier molecular flexibility index (Phi) is 3.77. The molecule has 5 heteroatoms. The van der Waals surface area contributed by atoms with Gasteiger partial charge in [-0.3, -0.25) is 0 Å². The Morgan fingerprint density at radius 3 is 2.47 bits per heavy atom. The predicted molar refractivity (Wildman–Crippen MR) is 54.5 cm³/mol. The summed E-state index contributed by atoms with van der Waals surface area (Å²) < 4.78 is 36.8. The van der Waals surface area contributed by atoms with E-state index in [1.165, 1.54) is 6.07 Å². The summed E-state index contributed by atoms with van der Waals surface area (Å²) in [7, 11) is 0. The summed E-state index contributed by atoms with van der Waals surface area (Å²) in [5.74, 6) is 0. The van der Waals surface area contributed by atoms with Crippen molar-refractivity contribution in [2.24, 2.45) is 5.73 Å². The lowest BCUT2D eigenvalue weighted by Gasteiger charge is -2.07. The van der Waals surface area contributed by atoms with Crippen molar-refractivity contribution < 1.29 is 13.2 Å². The second-order valence-electron chi connectivity index (χ2n) is 2.87. The second-order valence-corrected chi connectivity index (χ2v) is 3.28. The van der Waals surface area contributed by atoms with Crippen molar-refractivity contribution in [3.05, 3.63) is 40.4 Å². The standard InChI is InChI=1S/C10H9ClF3N/c11-9-6-8(10(12,13)14)4-3-7(9)2-1-5-15/h1-4,6H,5,15H2/b2-1+. The van der Waals surface area contributed by atoms with Crippen molar-refractivity contribution in [3.63, 3.8) is 0 Å². The van der Waals surface area contributed by atoms with Gasteiger partial charge >= 0.3 is 6.18 Å². The van der Waals surface area contributed by atoms with Crippen LogP contribution in [-0.2, 0) is 6.18 Å². The molecule has 1 aromatic carbocycles. The lowest BCUT2D eigenvalue weighted by molar-refractivity contribution is -0.137. The zero-order valence-corrected chi connectivity index (χ0v) is 8.44. The Hall–Kier alpha value is -1.00. The highest BCUT2D eigenvalue weighted by atomic mass is 35.5. The van der Waals surface area contributed by atoms with Crippen LogP contribution in [0.15, 0.2) is 24.3 Å². The maximum atomic E-state index is 12.3. The molecule has 15 heavy (non-hydrogen) atoms. The molecule has 0 aliphatic heterocycles. The van der Waals surface area contributed by atoms with Crippen molar-refractivity contribution in [1.29, 1.82) is 0 Å². The average Bonchev–Trinajstić information content (AvgIpc) is 2.14. The van der Waals surface area contributed by atoms with Crippen LogP contribution in [0.2, 0.25) is 5.02 Å². The van der Waals surface area contributed by atoms with E-state index in [0.29, 0.717) is 12.1 Å². The van der Waals surface area contributed by atoms with Gasteiger partial charge in [0, 0.05) is 11.6 Å². The molecule has 0 aromatic heterocycles. The van der Waals surface area contributed by atoms with Gasteiger partial charge in [-0.2, -0.15) is 13.2 Å².